The van der Waals surface area contributed by atoms with E-state index in [2.05, 4.69) is 0 Å². The van der Waals surface area contributed by atoms with Crippen LogP contribution in [0.15, 0.2) is 24.3 Å². The van der Waals surface area contributed by atoms with Crippen molar-refractivity contribution in [2.24, 2.45) is 0 Å². The van der Waals surface area contributed by atoms with Crippen LogP contribution in [-0.4, -0.2) is 5.78 Å². The van der Waals surface area contributed by atoms with Gasteiger partial charge in [-0.3, -0.25) is 4.79 Å². The molecule has 0 aliphatic carbocycles. The van der Waals surface area contributed by atoms with Gasteiger partial charge in [0.1, 0.15) is 0 Å². The highest BCUT2D eigenvalue weighted by atomic mass is 16.1. The third-order valence-electron chi connectivity index (χ3n) is 1.42. The van der Waals surface area contributed by atoms with Crippen LogP contribution in [0.25, 0.3) is 0 Å². The molecule has 0 unspecified atom stereocenters. The van der Waals surface area contributed by atoms with E-state index in [9.17, 15) is 4.79 Å². The normalized spacial score (nSPS) is 8.73. The smallest absolute Gasteiger partial charge is 0.159 e. The van der Waals surface area contributed by atoms with E-state index in [1.165, 1.54) is 6.92 Å². The van der Waals surface area contributed by atoms with Crippen molar-refractivity contribution in [2.45, 2.75) is 6.92 Å². The summed E-state index contributed by atoms with van der Waals surface area (Å²) in [6, 6.07) is 8.56. The Bertz CT molecular complexity index is 305. The molecular formula is C9H7NO. The molecule has 0 saturated carbocycles. The minimum atomic E-state index is 0.0227. The van der Waals surface area contributed by atoms with Crippen molar-refractivity contribution in [3.8, 4) is 6.07 Å². The van der Waals surface area contributed by atoms with Crippen LogP contribution in [-0.2, 0) is 0 Å². The molecular weight excluding hydrogens is 144 g/mol. The number of hydrogen-bond donors (Lipinski definition) is 0. The zero-order valence-electron chi connectivity index (χ0n) is 6.16. The van der Waals surface area contributed by atoms with E-state index in [0.717, 1.165) is 0 Å². The van der Waals surface area contributed by atoms with E-state index in [4.69, 9.17) is 5.26 Å². The number of ketones is 1. The van der Waals surface area contributed by atoms with Crippen LogP contribution in [0.2, 0.25) is 0 Å². The maximum atomic E-state index is 10.8. The average molecular weight is 151 g/mol. The molecule has 1 aromatic carbocycles. The van der Waals surface area contributed by atoms with Gasteiger partial charge in [-0.15, -0.1) is 0 Å². The number of nitrogens with zero attached hydrogens (tertiary/aromatic N) is 1. The van der Waals surface area contributed by atoms with E-state index in [-0.39, 0.29) is 5.78 Å². The third-order valence-corrected chi connectivity index (χ3v) is 1.42. The molecule has 2 nitrogen and oxygen atoms in total. The molecule has 1 rings (SSSR count). The Morgan fingerprint density at radius 1 is 1.36 bits per heavy atom. The van der Waals surface area contributed by atoms with Gasteiger partial charge in [0.15, 0.2) is 5.78 Å². The molecule has 0 aliphatic heterocycles. The topological polar surface area (TPSA) is 40.9 Å². The molecule has 0 atom stereocenters. The summed E-state index contributed by atoms with van der Waals surface area (Å²) in [7, 11) is 0. The molecule has 0 bridgehead atoms. The van der Waals surface area contributed by atoms with Gasteiger partial charge in [0.05, 0.1) is 11.6 Å². The maximum Gasteiger partial charge on any atom is 0.159 e. The maximum absolute atomic E-state index is 10.8. The third kappa shape index (κ3) is 1.65. The Morgan fingerprint density at radius 3 is 2.27 bits per heavy atom. The van der Waals surface area contributed by atoms with Crippen molar-refractivity contribution in [3.63, 3.8) is 0 Å². The van der Waals surface area contributed by atoms with E-state index in [1.807, 2.05) is 6.07 Å². The van der Waals surface area contributed by atoms with Gasteiger partial charge >= 0.3 is 0 Å². The van der Waals surface area contributed by atoms with Gasteiger partial charge in [0.25, 0.3) is 0 Å². The summed E-state index contributed by atoms with van der Waals surface area (Å²) in [6.07, 6.45) is 0. The fourth-order valence-electron chi connectivity index (χ4n) is 0.779. The molecule has 0 fully saturated rings. The van der Waals surface area contributed by atoms with Crippen molar-refractivity contribution in [2.75, 3.05) is 0 Å². The van der Waals surface area contributed by atoms with Crippen molar-refractivity contribution >= 4 is 5.78 Å². The first kappa shape index (κ1) is 7.49. The van der Waals surface area contributed by atoms with E-state index >= 15 is 0 Å². The zero-order chi connectivity index (χ0) is 8.27. The minimum Gasteiger partial charge on any atom is -0.295 e. The minimum absolute atomic E-state index is 0.0227. The van der Waals surface area contributed by atoms with Crippen LogP contribution < -0.4 is 0 Å². The summed E-state index contributed by atoms with van der Waals surface area (Å²) in [5.74, 6) is 0.0227. The lowest BCUT2D eigenvalue weighted by Gasteiger charge is -1.92. The second-order valence-corrected chi connectivity index (χ2v) is 2.25. The molecule has 0 heterocycles. The number of carbonyl (C=O) groups excluding carboxylic acids is 1. The van der Waals surface area contributed by atoms with Gasteiger partial charge in [-0.05, 0) is 19.1 Å². The summed E-state index contributed by atoms with van der Waals surface area (Å²) in [5.41, 5.74) is 1.22. The summed E-state index contributed by atoms with van der Waals surface area (Å²) in [4.78, 5) is 10.8. The molecule has 0 saturated heterocycles. The first-order valence-electron chi connectivity index (χ1n) is 3.25. The number of rotatable bonds is 1. The Balaban J connectivity index is 3.03. The highest BCUT2D eigenvalue weighted by Crippen LogP contribution is 2.03. The summed E-state index contributed by atoms with van der Waals surface area (Å²) < 4.78 is 0. The first-order chi connectivity index (χ1) is 5.24. The van der Waals surface area contributed by atoms with E-state index in [1.54, 1.807) is 24.3 Å². The van der Waals surface area contributed by atoms with E-state index < -0.39 is 0 Å². The molecule has 0 aromatic heterocycles. The first-order valence-corrected chi connectivity index (χ1v) is 3.25. The molecule has 54 valence electrons. The lowest BCUT2D eigenvalue weighted by molar-refractivity contribution is 0.101. The molecule has 0 spiro atoms. The molecule has 0 radical (unpaired) electrons. The molecule has 11 heavy (non-hydrogen) atoms. The fourth-order valence-corrected chi connectivity index (χ4v) is 0.779. The molecule has 1 aromatic rings. The standard InChI is InChI=1S/C9H7NO/c1-7(11)9-4-2-8(6-10)3-5-9/h2-5H,1H3/i2+1,3+1,4+1,5+1,8+1,9+1. The number of benzene rings is 1. The van der Waals surface area contributed by atoms with Crippen LogP contribution in [0.3, 0.4) is 0 Å². The van der Waals surface area contributed by atoms with Crippen LogP contribution >= 0.6 is 0 Å². The quantitative estimate of drug-likeness (QED) is 0.574. The number of Topliss-reactive ketones (excluding diaryl/α,β-unsaturated/α-hetero) is 1. The molecule has 2 heteroatoms. The van der Waals surface area contributed by atoms with Gasteiger partial charge in [-0.25, -0.2) is 0 Å². The van der Waals surface area contributed by atoms with Gasteiger partial charge in [-0.1, -0.05) is 12.1 Å². The van der Waals surface area contributed by atoms with Gasteiger partial charge < -0.3 is 0 Å². The van der Waals surface area contributed by atoms with Crippen LogP contribution in [0.5, 0.6) is 0 Å². The van der Waals surface area contributed by atoms with Gasteiger partial charge in [-0.2, -0.15) is 5.26 Å². The molecule has 0 amide bonds. The zero-order valence-corrected chi connectivity index (χ0v) is 6.16. The monoisotopic (exact) mass is 151 g/mol. The number of carbonyl (C=O) groups is 1. The SMILES string of the molecule is CC(=O)[13c]1[13cH][13cH][13c](C#N)[13cH][13cH]1. The lowest BCUT2D eigenvalue weighted by Crippen LogP contribution is -1.90. The highest BCUT2D eigenvalue weighted by Gasteiger charge is 1.96. The second kappa shape index (κ2) is 2.98. The highest BCUT2D eigenvalue weighted by molar-refractivity contribution is 5.94. The Labute approximate surface area is 65.1 Å². The summed E-state index contributed by atoms with van der Waals surface area (Å²) >= 11 is 0. The van der Waals surface area contributed by atoms with Crippen LogP contribution in [0.1, 0.15) is 22.8 Å². The average Bonchev–Trinajstić information content (AvgIpc) is 2.05. The van der Waals surface area contributed by atoms with Crippen molar-refractivity contribution in [1.82, 2.24) is 0 Å². The van der Waals surface area contributed by atoms with Gasteiger partial charge in [0, 0.05) is 5.56 Å². The molecule has 0 aliphatic rings. The summed E-state index contributed by atoms with van der Waals surface area (Å²) in [5, 5.41) is 8.43. The van der Waals surface area contributed by atoms with Crippen LogP contribution in [0.4, 0.5) is 0 Å². The number of hydrogen-bond acceptors (Lipinski definition) is 2. The summed E-state index contributed by atoms with van der Waals surface area (Å²) in [6.45, 7) is 1.50. The van der Waals surface area contributed by atoms with Crippen molar-refractivity contribution < 1.29 is 4.79 Å². The Hall–Kier alpha value is -1.62. The lowest BCUT2D eigenvalue weighted by atomic mass is 10.6. The Kier molecular flexibility index (Phi) is 2.03. The van der Waals surface area contributed by atoms with E-state index in [0.29, 0.717) is 11.1 Å². The van der Waals surface area contributed by atoms with Crippen LogP contribution in [0, 0.1) is 11.3 Å². The van der Waals surface area contributed by atoms with Gasteiger partial charge in [0.2, 0.25) is 0 Å². The Morgan fingerprint density at radius 2 is 1.91 bits per heavy atom. The van der Waals surface area contributed by atoms with Crippen molar-refractivity contribution in [1.29, 1.82) is 5.26 Å². The van der Waals surface area contributed by atoms with Crippen molar-refractivity contribution in [3.05, 3.63) is 35.4 Å². The second-order valence-electron chi connectivity index (χ2n) is 2.25. The molecule has 0 N–H and O–H groups in total. The predicted octanol–water partition coefficient (Wildman–Crippen LogP) is 1.76. The largest absolute Gasteiger partial charge is 0.295 e. The predicted molar refractivity (Wildman–Crippen MR) is 41.2 cm³/mol. The fraction of sp³-hybridized carbons (Fsp3) is 0.111. The number of nitriles is 1.